The second kappa shape index (κ2) is 12.1. The first-order valence-electron chi connectivity index (χ1n) is 11.7. The normalized spacial score (nSPS) is 19.7. The minimum Gasteiger partial charge on any atom is -0.380 e. The molecule has 2 unspecified atom stereocenters. The van der Waals surface area contributed by atoms with Gasteiger partial charge in [0, 0.05) is 14.2 Å². The summed E-state index contributed by atoms with van der Waals surface area (Å²) in [4.78, 5) is 23.0. The Bertz CT molecular complexity index is 940. The second-order valence-corrected chi connectivity index (χ2v) is 8.94. The number of carbonyl (C=O) groups excluding carboxylic acids is 2. The van der Waals surface area contributed by atoms with E-state index in [1.54, 1.807) is 26.4 Å². The van der Waals surface area contributed by atoms with Gasteiger partial charge in [0.25, 0.3) is 0 Å². The highest BCUT2D eigenvalue weighted by Crippen LogP contribution is 2.33. The van der Waals surface area contributed by atoms with Crippen LogP contribution in [0.2, 0.25) is 0 Å². The Morgan fingerprint density at radius 3 is 2.00 bits per heavy atom. The van der Waals surface area contributed by atoms with E-state index in [-0.39, 0.29) is 17.6 Å². The zero-order chi connectivity index (χ0) is 24.6. The van der Waals surface area contributed by atoms with Crippen LogP contribution in [0.15, 0.2) is 48.5 Å². The van der Waals surface area contributed by atoms with Crippen molar-refractivity contribution >= 4 is 11.8 Å². The lowest BCUT2D eigenvalue weighted by atomic mass is 9.89. The van der Waals surface area contributed by atoms with Gasteiger partial charge in [-0.25, -0.2) is 0 Å². The topological polar surface area (TPSA) is 129 Å². The van der Waals surface area contributed by atoms with Crippen molar-refractivity contribution in [2.75, 3.05) is 14.2 Å². The van der Waals surface area contributed by atoms with E-state index in [1.807, 2.05) is 36.4 Å². The van der Waals surface area contributed by atoms with Gasteiger partial charge in [0.15, 0.2) is 0 Å². The lowest BCUT2D eigenvalue weighted by Gasteiger charge is -2.33. The highest BCUT2D eigenvalue weighted by molar-refractivity contribution is 5.86. The zero-order valence-corrected chi connectivity index (χ0v) is 20.0. The molecule has 1 saturated heterocycles. The van der Waals surface area contributed by atoms with Crippen LogP contribution in [-0.2, 0) is 32.3 Å². The largest absolute Gasteiger partial charge is 0.380 e. The third-order valence-electron chi connectivity index (χ3n) is 6.33. The summed E-state index contributed by atoms with van der Waals surface area (Å²) in [5.41, 5.74) is 14.4. The number of primary amides is 1. The maximum atomic E-state index is 12.3. The van der Waals surface area contributed by atoms with Crippen LogP contribution in [0.4, 0.5) is 0 Å². The van der Waals surface area contributed by atoms with Crippen molar-refractivity contribution in [1.82, 2.24) is 10.6 Å². The molecule has 1 aliphatic carbocycles. The Morgan fingerprint density at radius 1 is 0.971 bits per heavy atom. The maximum absolute atomic E-state index is 12.3. The Kier molecular flexibility index (Phi) is 9.18. The third-order valence-corrected chi connectivity index (χ3v) is 6.33. The first-order chi connectivity index (χ1) is 16.4. The van der Waals surface area contributed by atoms with Crippen LogP contribution in [-0.4, -0.2) is 31.7 Å². The van der Waals surface area contributed by atoms with Crippen molar-refractivity contribution in [3.63, 3.8) is 0 Å². The first-order valence-corrected chi connectivity index (χ1v) is 11.7. The number of ether oxygens (including phenoxy) is 2. The number of hydrogen-bond donors (Lipinski definition) is 4. The summed E-state index contributed by atoms with van der Waals surface area (Å²) < 4.78 is 10.1. The highest BCUT2D eigenvalue weighted by atomic mass is 16.5. The van der Waals surface area contributed by atoms with Crippen molar-refractivity contribution in [2.45, 2.75) is 63.1 Å². The van der Waals surface area contributed by atoms with Crippen LogP contribution in [0.5, 0.6) is 0 Å². The average Bonchev–Trinajstić information content (AvgIpc) is 3.16. The number of nitrogens with two attached hydrogens (primary N) is 2. The smallest absolute Gasteiger partial charge is 0.243 e. The van der Waals surface area contributed by atoms with Gasteiger partial charge >= 0.3 is 0 Å². The molecule has 2 aromatic carbocycles. The highest BCUT2D eigenvalue weighted by Gasteiger charge is 2.44. The van der Waals surface area contributed by atoms with Gasteiger partial charge in [0.1, 0.15) is 12.1 Å². The molecule has 6 N–H and O–H groups in total. The second-order valence-electron chi connectivity index (χ2n) is 8.94. The van der Waals surface area contributed by atoms with E-state index in [0.29, 0.717) is 13.2 Å². The van der Waals surface area contributed by atoms with Crippen molar-refractivity contribution < 1.29 is 19.1 Å². The Labute approximate surface area is 201 Å². The molecular formula is C26H36N4O4. The molecule has 2 aliphatic rings. The van der Waals surface area contributed by atoms with Gasteiger partial charge < -0.3 is 26.3 Å². The molecule has 1 heterocycles. The number of benzene rings is 2. The molecule has 2 atom stereocenters. The molecule has 184 valence electrons. The van der Waals surface area contributed by atoms with Gasteiger partial charge in [-0.05, 0) is 47.9 Å². The van der Waals surface area contributed by atoms with Crippen molar-refractivity contribution in [1.29, 1.82) is 0 Å². The van der Waals surface area contributed by atoms with Gasteiger partial charge in [-0.1, -0.05) is 55.0 Å². The molecule has 2 aromatic rings. The van der Waals surface area contributed by atoms with E-state index in [1.165, 1.54) is 19.3 Å². The summed E-state index contributed by atoms with van der Waals surface area (Å²) in [6.45, 7) is 1.15. The van der Waals surface area contributed by atoms with Crippen molar-refractivity contribution in [3.8, 4) is 0 Å². The van der Waals surface area contributed by atoms with E-state index in [4.69, 9.17) is 20.9 Å². The van der Waals surface area contributed by atoms with Crippen molar-refractivity contribution in [3.05, 3.63) is 70.8 Å². The number of carbonyl (C=O) groups is 2. The van der Waals surface area contributed by atoms with E-state index in [2.05, 4.69) is 10.6 Å². The SMILES string of the molecule is COCc1ccc(C(N)C(N)=O)cc1.COCc1ccc(C2NC3(CCCCC3)NC2=O)cc1. The molecule has 2 amide bonds. The monoisotopic (exact) mass is 468 g/mol. The lowest BCUT2D eigenvalue weighted by molar-refractivity contribution is -0.121. The average molecular weight is 469 g/mol. The summed E-state index contributed by atoms with van der Waals surface area (Å²) in [5, 5.41) is 6.71. The van der Waals surface area contributed by atoms with Crippen LogP contribution < -0.4 is 22.1 Å². The summed E-state index contributed by atoms with van der Waals surface area (Å²) in [6.07, 6.45) is 5.73. The van der Waals surface area contributed by atoms with E-state index in [0.717, 1.165) is 35.1 Å². The van der Waals surface area contributed by atoms with Gasteiger partial charge in [-0.2, -0.15) is 0 Å². The van der Waals surface area contributed by atoms with Gasteiger partial charge in [-0.15, -0.1) is 0 Å². The van der Waals surface area contributed by atoms with E-state index >= 15 is 0 Å². The first kappa shape index (κ1) is 25.8. The van der Waals surface area contributed by atoms with Crippen LogP contribution in [0.1, 0.15) is 66.4 Å². The number of nitrogens with one attached hydrogen (secondary N) is 2. The van der Waals surface area contributed by atoms with Crippen LogP contribution in [0.25, 0.3) is 0 Å². The zero-order valence-electron chi connectivity index (χ0n) is 20.0. The standard InChI is InChI=1S/C16H22N2O2.C10H14N2O2/c1-20-11-12-5-7-13(8-6-12)14-15(19)18-16(17-14)9-3-2-4-10-16;1-14-6-7-2-4-8(5-3-7)9(11)10(12)13/h5-8,14,17H,2-4,9-11H2,1H3,(H,18,19);2-5,9H,6,11H2,1H3,(H2,12,13). The maximum Gasteiger partial charge on any atom is 0.243 e. The summed E-state index contributed by atoms with van der Waals surface area (Å²) in [7, 11) is 3.32. The van der Waals surface area contributed by atoms with E-state index < -0.39 is 11.9 Å². The number of methoxy groups -OCH3 is 2. The fourth-order valence-electron chi connectivity index (χ4n) is 4.47. The molecule has 1 saturated carbocycles. The molecule has 0 radical (unpaired) electrons. The predicted molar refractivity (Wildman–Crippen MR) is 130 cm³/mol. The molecule has 8 nitrogen and oxygen atoms in total. The predicted octanol–water partition coefficient (Wildman–Crippen LogP) is 2.57. The summed E-state index contributed by atoms with van der Waals surface area (Å²) >= 11 is 0. The molecule has 8 heteroatoms. The third kappa shape index (κ3) is 6.64. The molecule has 1 spiro atoms. The van der Waals surface area contributed by atoms with Crippen molar-refractivity contribution in [2.24, 2.45) is 11.5 Å². The van der Waals surface area contributed by atoms with Gasteiger partial charge in [0.05, 0.1) is 18.9 Å². The quantitative estimate of drug-likeness (QED) is 0.494. The molecule has 4 rings (SSSR count). The minimum atomic E-state index is -0.730. The van der Waals surface area contributed by atoms with Crippen LogP contribution >= 0.6 is 0 Å². The molecule has 2 fully saturated rings. The molecule has 34 heavy (non-hydrogen) atoms. The number of hydrogen-bond acceptors (Lipinski definition) is 6. The molecule has 0 aromatic heterocycles. The van der Waals surface area contributed by atoms with Gasteiger partial charge in [-0.3, -0.25) is 14.9 Å². The van der Waals surface area contributed by atoms with E-state index in [9.17, 15) is 9.59 Å². The fourth-order valence-corrected chi connectivity index (χ4v) is 4.47. The van der Waals surface area contributed by atoms with Crippen LogP contribution in [0, 0.1) is 0 Å². The fraction of sp³-hybridized carbons (Fsp3) is 0.462. The number of amides is 2. The van der Waals surface area contributed by atoms with Crippen LogP contribution in [0.3, 0.4) is 0 Å². The summed E-state index contributed by atoms with van der Waals surface area (Å²) in [6, 6.07) is 14.4. The minimum absolute atomic E-state index is 0.103. The Balaban J connectivity index is 0.000000204. The Morgan fingerprint density at radius 2 is 1.50 bits per heavy atom. The lowest BCUT2D eigenvalue weighted by Crippen LogP contribution is -2.51. The Hall–Kier alpha value is -2.78. The summed E-state index contributed by atoms with van der Waals surface area (Å²) in [5.74, 6) is -0.420. The molecule has 1 aliphatic heterocycles. The molecule has 0 bridgehead atoms. The number of rotatable bonds is 7. The van der Waals surface area contributed by atoms with Gasteiger partial charge in [0.2, 0.25) is 11.8 Å². The molecular weight excluding hydrogens is 432 g/mol.